The largest absolute Gasteiger partial charge is 0.461 e. The average molecular weight is 422 g/mol. The molecule has 0 aliphatic heterocycles. The molecular formula is C17H19N5O4S2. The minimum Gasteiger partial charge on any atom is -0.461 e. The van der Waals surface area contributed by atoms with E-state index >= 15 is 0 Å². The van der Waals surface area contributed by atoms with Crippen LogP contribution in [0.15, 0.2) is 57.1 Å². The van der Waals surface area contributed by atoms with Gasteiger partial charge in [-0.05, 0) is 36.2 Å². The number of furan rings is 1. The predicted octanol–water partition coefficient (Wildman–Crippen LogP) is 1.17. The molecule has 0 saturated heterocycles. The van der Waals surface area contributed by atoms with Crippen molar-refractivity contribution in [2.45, 2.75) is 16.5 Å². The smallest absolute Gasteiger partial charge is 0.238 e. The quantitative estimate of drug-likeness (QED) is 0.522. The fourth-order valence-electron chi connectivity index (χ4n) is 2.43. The first-order valence-electron chi connectivity index (χ1n) is 8.29. The first kappa shape index (κ1) is 20.1. The van der Waals surface area contributed by atoms with Crippen LogP contribution in [-0.2, 0) is 28.3 Å². The molecule has 1 aromatic carbocycles. The number of nitrogens with one attached hydrogen (secondary N) is 1. The molecule has 0 unspecified atom stereocenters. The van der Waals surface area contributed by atoms with Crippen LogP contribution >= 0.6 is 11.8 Å². The molecule has 0 radical (unpaired) electrons. The highest BCUT2D eigenvalue weighted by atomic mass is 32.2. The van der Waals surface area contributed by atoms with Crippen molar-refractivity contribution in [3.8, 4) is 11.6 Å². The van der Waals surface area contributed by atoms with Crippen LogP contribution in [0.5, 0.6) is 0 Å². The summed E-state index contributed by atoms with van der Waals surface area (Å²) in [7, 11) is -1.89. The molecule has 0 fully saturated rings. The predicted molar refractivity (Wildman–Crippen MR) is 104 cm³/mol. The van der Waals surface area contributed by atoms with Gasteiger partial charge in [0.15, 0.2) is 16.7 Å². The number of hydrogen-bond donors (Lipinski definition) is 2. The van der Waals surface area contributed by atoms with Gasteiger partial charge in [0, 0.05) is 13.6 Å². The van der Waals surface area contributed by atoms with Crippen molar-refractivity contribution >= 4 is 27.7 Å². The summed E-state index contributed by atoms with van der Waals surface area (Å²) >= 11 is 1.28. The number of aromatic nitrogens is 3. The molecule has 1 amide bonds. The lowest BCUT2D eigenvalue weighted by Crippen LogP contribution is -2.27. The van der Waals surface area contributed by atoms with Crippen molar-refractivity contribution in [2.75, 3.05) is 12.3 Å². The van der Waals surface area contributed by atoms with Crippen molar-refractivity contribution in [2.24, 2.45) is 12.2 Å². The number of amides is 1. The van der Waals surface area contributed by atoms with E-state index in [0.717, 1.165) is 5.56 Å². The van der Waals surface area contributed by atoms with Crippen molar-refractivity contribution in [1.82, 2.24) is 20.1 Å². The van der Waals surface area contributed by atoms with E-state index in [1.807, 2.05) is 7.05 Å². The monoisotopic (exact) mass is 421 g/mol. The normalized spacial score (nSPS) is 11.5. The standard InChI is InChI=1S/C17H19N5O4S2/c1-22-16(14-3-2-10-26-14)20-21-17(22)27-11-15(23)19-9-8-12-4-6-13(7-5-12)28(18,24)25/h2-7,10H,8-9,11H2,1H3,(H,19,23)(H2,18,24,25). The van der Waals surface area contributed by atoms with Crippen LogP contribution in [0.4, 0.5) is 0 Å². The first-order valence-corrected chi connectivity index (χ1v) is 10.8. The lowest BCUT2D eigenvalue weighted by Gasteiger charge is -2.06. The van der Waals surface area contributed by atoms with Gasteiger partial charge >= 0.3 is 0 Å². The van der Waals surface area contributed by atoms with Gasteiger partial charge < -0.3 is 14.3 Å². The zero-order chi connectivity index (χ0) is 20.1. The Bertz CT molecular complexity index is 1040. The molecule has 148 valence electrons. The Morgan fingerprint density at radius 2 is 2.00 bits per heavy atom. The van der Waals surface area contributed by atoms with E-state index in [4.69, 9.17) is 9.56 Å². The van der Waals surface area contributed by atoms with Gasteiger partial charge in [0.05, 0.1) is 16.9 Å². The van der Waals surface area contributed by atoms with Gasteiger partial charge in [0.2, 0.25) is 15.9 Å². The number of carbonyl (C=O) groups is 1. The maximum atomic E-state index is 12.0. The average Bonchev–Trinajstić information content (AvgIpc) is 3.29. The highest BCUT2D eigenvalue weighted by molar-refractivity contribution is 7.99. The first-order chi connectivity index (χ1) is 13.3. The Balaban J connectivity index is 1.45. The van der Waals surface area contributed by atoms with E-state index in [2.05, 4.69) is 15.5 Å². The fraction of sp³-hybridized carbons (Fsp3) is 0.235. The van der Waals surface area contributed by atoms with E-state index < -0.39 is 10.0 Å². The summed E-state index contributed by atoms with van der Waals surface area (Å²) in [4.78, 5) is 12.1. The fourth-order valence-corrected chi connectivity index (χ4v) is 3.69. The van der Waals surface area contributed by atoms with E-state index in [1.54, 1.807) is 35.1 Å². The van der Waals surface area contributed by atoms with Crippen LogP contribution in [-0.4, -0.2) is 41.4 Å². The number of rotatable bonds is 8. The number of benzene rings is 1. The minimum absolute atomic E-state index is 0.0641. The van der Waals surface area contributed by atoms with Crippen molar-refractivity contribution < 1.29 is 17.6 Å². The maximum Gasteiger partial charge on any atom is 0.238 e. The Morgan fingerprint density at radius 3 is 2.64 bits per heavy atom. The number of hydrogen-bond acceptors (Lipinski definition) is 7. The molecule has 0 saturated carbocycles. The molecule has 3 aromatic rings. The lowest BCUT2D eigenvalue weighted by molar-refractivity contribution is -0.118. The molecule has 0 aliphatic carbocycles. The number of sulfonamides is 1. The maximum absolute atomic E-state index is 12.0. The highest BCUT2D eigenvalue weighted by Crippen LogP contribution is 2.22. The number of nitrogens with two attached hydrogens (primary N) is 1. The number of carbonyl (C=O) groups excluding carboxylic acids is 1. The van der Waals surface area contributed by atoms with Crippen molar-refractivity contribution in [1.29, 1.82) is 0 Å². The van der Waals surface area contributed by atoms with Gasteiger partial charge in [0.25, 0.3) is 0 Å². The van der Waals surface area contributed by atoms with Crippen LogP contribution in [0.25, 0.3) is 11.6 Å². The topological polar surface area (TPSA) is 133 Å². The molecule has 3 rings (SSSR count). The summed E-state index contributed by atoms with van der Waals surface area (Å²) in [5.74, 6) is 1.28. The molecule has 11 heteroatoms. The van der Waals surface area contributed by atoms with Gasteiger partial charge in [-0.2, -0.15) is 0 Å². The summed E-state index contributed by atoms with van der Waals surface area (Å²) < 4.78 is 29.5. The van der Waals surface area contributed by atoms with Gasteiger partial charge in [-0.1, -0.05) is 23.9 Å². The second-order valence-corrected chi connectivity index (χ2v) is 8.42. The van der Waals surface area contributed by atoms with Gasteiger partial charge in [-0.3, -0.25) is 4.79 Å². The molecule has 9 nitrogen and oxygen atoms in total. The van der Waals surface area contributed by atoms with Crippen LogP contribution in [0.2, 0.25) is 0 Å². The Labute approximate surface area is 166 Å². The Kier molecular flexibility index (Phi) is 6.17. The molecule has 0 bridgehead atoms. The molecule has 2 aromatic heterocycles. The second kappa shape index (κ2) is 8.59. The van der Waals surface area contributed by atoms with E-state index in [-0.39, 0.29) is 16.6 Å². The van der Waals surface area contributed by atoms with Crippen LogP contribution in [0, 0.1) is 0 Å². The van der Waals surface area contributed by atoms with Crippen LogP contribution in [0.1, 0.15) is 5.56 Å². The highest BCUT2D eigenvalue weighted by Gasteiger charge is 2.14. The van der Waals surface area contributed by atoms with Gasteiger partial charge in [-0.25, -0.2) is 13.6 Å². The molecule has 0 atom stereocenters. The third kappa shape index (κ3) is 5.00. The third-order valence-corrected chi connectivity index (χ3v) is 5.85. The van der Waals surface area contributed by atoms with Crippen molar-refractivity contribution in [3.05, 3.63) is 48.2 Å². The summed E-state index contributed by atoms with van der Waals surface area (Å²) in [5.41, 5.74) is 0.900. The van der Waals surface area contributed by atoms with Crippen LogP contribution < -0.4 is 10.5 Å². The number of thioether (sulfide) groups is 1. The van der Waals surface area contributed by atoms with Crippen molar-refractivity contribution in [3.63, 3.8) is 0 Å². The van der Waals surface area contributed by atoms with E-state index in [9.17, 15) is 13.2 Å². The lowest BCUT2D eigenvalue weighted by atomic mass is 10.1. The summed E-state index contributed by atoms with van der Waals surface area (Å²) in [5, 5.41) is 16.7. The SMILES string of the molecule is Cn1c(SCC(=O)NCCc2ccc(S(N)(=O)=O)cc2)nnc1-c1ccco1. The van der Waals surface area contributed by atoms with Gasteiger partial charge in [-0.15, -0.1) is 10.2 Å². The van der Waals surface area contributed by atoms with Gasteiger partial charge in [0.1, 0.15) is 0 Å². The number of primary sulfonamides is 1. The summed E-state index contributed by atoms with van der Waals surface area (Å²) in [6, 6.07) is 9.82. The summed E-state index contributed by atoms with van der Waals surface area (Å²) in [6.07, 6.45) is 2.14. The molecule has 3 N–H and O–H groups in total. The zero-order valence-electron chi connectivity index (χ0n) is 15.0. The molecule has 28 heavy (non-hydrogen) atoms. The third-order valence-electron chi connectivity index (χ3n) is 3.90. The molecular weight excluding hydrogens is 402 g/mol. The van der Waals surface area contributed by atoms with E-state index in [1.165, 1.54) is 23.9 Å². The van der Waals surface area contributed by atoms with Crippen LogP contribution in [0.3, 0.4) is 0 Å². The Morgan fingerprint density at radius 1 is 1.25 bits per heavy atom. The molecule has 2 heterocycles. The molecule has 0 aliphatic rings. The zero-order valence-corrected chi connectivity index (χ0v) is 16.7. The molecule has 0 spiro atoms. The number of nitrogens with zero attached hydrogens (tertiary/aromatic N) is 3. The second-order valence-electron chi connectivity index (χ2n) is 5.92. The minimum atomic E-state index is -3.69. The summed E-state index contributed by atoms with van der Waals surface area (Å²) in [6.45, 7) is 0.435. The van der Waals surface area contributed by atoms with E-state index in [0.29, 0.717) is 29.7 Å². The Hall–Kier alpha value is -2.63.